The number of hydrogen-bond donors (Lipinski definition) is 4. The Hall–Kier alpha value is -3.75. The average Bonchev–Trinajstić information content (AvgIpc) is 2.73. The van der Waals surface area contributed by atoms with Crippen LogP contribution >= 0.6 is 0 Å². The highest BCUT2D eigenvalue weighted by Crippen LogP contribution is 2.04. The molecule has 0 saturated carbocycles. The van der Waals surface area contributed by atoms with Crippen molar-refractivity contribution in [1.29, 1.82) is 0 Å². The molecule has 0 aliphatic carbocycles. The maximum atomic E-state index is 12.2. The van der Waals surface area contributed by atoms with Crippen LogP contribution < -0.4 is 16.8 Å². The Bertz CT molecular complexity index is 848. The molecule has 166 valence electrons. The number of carbonyl (C=O) groups excluding carboxylic acids is 4. The van der Waals surface area contributed by atoms with Crippen LogP contribution in [0.3, 0.4) is 0 Å². The van der Waals surface area contributed by atoms with Crippen molar-refractivity contribution in [3.63, 3.8) is 0 Å². The van der Waals surface area contributed by atoms with E-state index >= 15 is 0 Å². The Morgan fingerprint density at radius 2 is 1.90 bits per heavy atom. The van der Waals surface area contributed by atoms with Gasteiger partial charge >= 0.3 is 12.4 Å². The number of nitrogens with two attached hydrogens (primary N) is 2. The molecule has 31 heavy (non-hydrogen) atoms. The van der Waals surface area contributed by atoms with Crippen molar-refractivity contribution in [3.8, 4) is 11.8 Å². The molecule has 0 spiro atoms. The van der Waals surface area contributed by atoms with Gasteiger partial charge in [0.25, 0.3) is 5.91 Å². The minimum atomic E-state index is -1.21. The van der Waals surface area contributed by atoms with Gasteiger partial charge in [-0.05, 0) is 24.3 Å². The van der Waals surface area contributed by atoms with Crippen LogP contribution in [-0.4, -0.2) is 65.4 Å². The zero-order valence-corrected chi connectivity index (χ0v) is 16.7. The van der Waals surface area contributed by atoms with Crippen LogP contribution in [0.25, 0.3) is 0 Å². The maximum absolute atomic E-state index is 12.2. The Balaban J connectivity index is 2.82. The van der Waals surface area contributed by atoms with Crippen LogP contribution in [0.4, 0.5) is 0 Å². The van der Waals surface area contributed by atoms with Gasteiger partial charge in [-0.25, -0.2) is 0 Å². The van der Waals surface area contributed by atoms with Gasteiger partial charge < -0.3 is 21.4 Å². The molecule has 1 unspecified atom stereocenters. The maximum Gasteiger partial charge on any atom is 0.320 e. The number of hydrogen-bond acceptors (Lipinski definition) is 8. The first-order valence-corrected chi connectivity index (χ1v) is 9.22. The number of aliphatic carboxylic acids is 1. The van der Waals surface area contributed by atoms with Gasteiger partial charge in [0.2, 0.25) is 11.7 Å². The number of hydroxylamine groups is 2. The van der Waals surface area contributed by atoms with Crippen LogP contribution in [0.2, 0.25) is 0 Å². The Labute approximate surface area is 178 Å². The topological polar surface area (TPSA) is 182 Å². The minimum Gasteiger partial charge on any atom is -0.480 e. The van der Waals surface area contributed by atoms with E-state index in [1.807, 2.05) is 30.3 Å². The molecule has 1 aromatic carbocycles. The lowest BCUT2D eigenvalue weighted by Gasteiger charge is -2.20. The molecule has 0 aliphatic rings. The van der Waals surface area contributed by atoms with Crippen LogP contribution in [-0.2, 0) is 35.2 Å². The van der Waals surface area contributed by atoms with E-state index in [0.29, 0.717) is 11.5 Å². The molecule has 0 heterocycles. The summed E-state index contributed by atoms with van der Waals surface area (Å²) in [6.45, 7) is -1.11. The van der Waals surface area contributed by atoms with E-state index in [1.165, 1.54) is 0 Å². The lowest BCUT2D eigenvalue weighted by atomic mass is 10.1. The molecule has 11 heteroatoms. The largest absolute Gasteiger partial charge is 0.480 e. The molecule has 6 N–H and O–H groups in total. The van der Waals surface area contributed by atoms with Gasteiger partial charge in [-0.2, -0.15) is 5.06 Å². The van der Waals surface area contributed by atoms with Gasteiger partial charge in [-0.15, -0.1) is 0 Å². The lowest BCUT2D eigenvalue weighted by molar-refractivity contribution is -0.188. The number of primary amides is 1. The fourth-order valence-corrected chi connectivity index (χ4v) is 2.40. The molecule has 1 rings (SSSR count). The number of nitrogens with zero attached hydrogens (tertiary/aromatic N) is 1. The first kappa shape index (κ1) is 25.3. The molecular formula is C20H24N4O7. The highest BCUT2D eigenvalue weighted by atomic mass is 16.7. The van der Waals surface area contributed by atoms with Gasteiger partial charge in [-0.1, -0.05) is 36.3 Å². The quantitative estimate of drug-likeness (QED) is 0.123. The second kappa shape index (κ2) is 13.5. The molecule has 0 saturated heterocycles. The van der Waals surface area contributed by atoms with Crippen molar-refractivity contribution < 1.29 is 33.9 Å². The third-order valence-corrected chi connectivity index (χ3v) is 3.89. The Morgan fingerprint density at radius 1 is 1.23 bits per heavy atom. The smallest absolute Gasteiger partial charge is 0.320 e. The van der Waals surface area contributed by atoms with E-state index in [1.54, 1.807) is 0 Å². The minimum absolute atomic E-state index is 0.0496. The number of amides is 2. The summed E-state index contributed by atoms with van der Waals surface area (Å²) in [6, 6.07) is 7.22. The highest BCUT2D eigenvalue weighted by molar-refractivity contribution is 5.99. The van der Waals surface area contributed by atoms with Gasteiger partial charge in [-0.3, -0.25) is 29.3 Å². The average molecular weight is 432 g/mol. The second-order valence-electron chi connectivity index (χ2n) is 6.40. The van der Waals surface area contributed by atoms with Gasteiger partial charge in [0.05, 0.1) is 18.6 Å². The molecule has 1 aromatic rings. The van der Waals surface area contributed by atoms with E-state index in [0.717, 1.165) is 5.56 Å². The van der Waals surface area contributed by atoms with Crippen LogP contribution in [0.15, 0.2) is 30.3 Å². The third kappa shape index (κ3) is 10.6. The third-order valence-electron chi connectivity index (χ3n) is 3.89. The summed E-state index contributed by atoms with van der Waals surface area (Å²) in [5.74, 6) is 1.52. The molecule has 0 aromatic heterocycles. The van der Waals surface area contributed by atoms with Gasteiger partial charge in [0.1, 0.15) is 6.54 Å². The zero-order valence-electron chi connectivity index (χ0n) is 16.7. The number of benzene rings is 1. The first-order valence-electron chi connectivity index (χ1n) is 9.22. The number of ketones is 1. The van der Waals surface area contributed by atoms with Crippen molar-refractivity contribution in [1.82, 2.24) is 10.4 Å². The summed E-state index contributed by atoms with van der Waals surface area (Å²) in [4.78, 5) is 61.2. The normalized spacial score (nSPS) is 11.9. The number of Topliss-reactive ketones (excluding diaryl/α,β-unsaturated/α-hetero) is 1. The van der Waals surface area contributed by atoms with E-state index in [2.05, 4.69) is 22.0 Å². The van der Waals surface area contributed by atoms with Crippen LogP contribution in [0, 0.1) is 11.8 Å². The molecule has 0 aliphatic heterocycles. The first-order chi connectivity index (χ1) is 14.7. The monoisotopic (exact) mass is 432 g/mol. The second-order valence-corrected chi connectivity index (χ2v) is 6.40. The fourth-order valence-electron chi connectivity index (χ4n) is 2.40. The van der Waals surface area contributed by atoms with Crippen LogP contribution in [0.5, 0.6) is 0 Å². The van der Waals surface area contributed by atoms with Crippen molar-refractivity contribution in [2.75, 3.05) is 13.1 Å². The number of nitrogens with one attached hydrogen (secondary N) is 1. The molecule has 2 amide bonds. The summed E-state index contributed by atoms with van der Waals surface area (Å²) < 4.78 is 0. The van der Waals surface area contributed by atoms with E-state index < -0.39 is 42.2 Å². The summed E-state index contributed by atoms with van der Waals surface area (Å²) in [5, 5.41) is 12.0. The standard InChI is InChI=1S/C20H24N4O7/c21-17(8-9-18(22)27)20(30)24(31-13-25)12-16(26)7-6-15(23-11-19(28)29)10-14-4-2-1-3-5-14/h1-5,13,15,17,23H,8-12,21H2,(H2,22,27)(H,28,29)/t15?,17-/m0/s1. The molecule has 0 radical (unpaired) electrons. The van der Waals surface area contributed by atoms with Crippen molar-refractivity contribution in [3.05, 3.63) is 35.9 Å². The molecule has 0 fully saturated rings. The van der Waals surface area contributed by atoms with E-state index in [-0.39, 0.29) is 25.9 Å². The number of carboxylic acid groups (broad SMARTS) is 1. The SMILES string of the molecule is NC(=O)CC[C@H](N)C(=O)N(CC(=O)C#CC(Cc1ccccc1)NCC(=O)O)OC=O. The number of carboxylic acids is 1. The van der Waals surface area contributed by atoms with E-state index in [9.17, 15) is 24.0 Å². The summed E-state index contributed by atoms with van der Waals surface area (Å²) in [6.07, 6.45) is 0.0802. The highest BCUT2D eigenvalue weighted by Gasteiger charge is 2.24. The van der Waals surface area contributed by atoms with Gasteiger partial charge in [0, 0.05) is 6.42 Å². The van der Waals surface area contributed by atoms with E-state index in [4.69, 9.17) is 16.6 Å². The molecular weight excluding hydrogens is 408 g/mol. The fraction of sp³-hybridized carbons (Fsp3) is 0.350. The molecule has 11 nitrogen and oxygen atoms in total. The number of rotatable bonds is 13. The summed E-state index contributed by atoms with van der Waals surface area (Å²) in [5.41, 5.74) is 11.5. The predicted molar refractivity (Wildman–Crippen MR) is 108 cm³/mol. The summed E-state index contributed by atoms with van der Waals surface area (Å²) >= 11 is 0. The number of carbonyl (C=O) groups is 5. The van der Waals surface area contributed by atoms with Crippen molar-refractivity contribution >= 4 is 30.0 Å². The zero-order chi connectivity index (χ0) is 23.2. The van der Waals surface area contributed by atoms with Crippen LogP contribution in [0.1, 0.15) is 18.4 Å². The predicted octanol–water partition coefficient (Wildman–Crippen LogP) is -1.65. The molecule has 0 bridgehead atoms. The summed E-state index contributed by atoms with van der Waals surface area (Å²) in [7, 11) is 0. The Kier molecular flexibility index (Phi) is 11.0. The lowest BCUT2D eigenvalue weighted by Crippen LogP contribution is -2.46. The van der Waals surface area contributed by atoms with Crippen molar-refractivity contribution in [2.45, 2.75) is 31.3 Å². The molecule has 2 atom stereocenters. The van der Waals surface area contributed by atoms with Crippen molar-refractivity contribution in [2.24, 2.45) is 11.5 Å². The Morgan fingerprint density at radius 3 is 2.48 bits per heavy atom. The van der Waals surface area contributed by atoms with Gasteiger partial charge in [0.15, 0.2) is 0 Å².